The van der Waals surface area contributed by atoms with Gasteiger partial charge in [0.15, 0.2) is 0 Å². The number of hydrogen-bond donors (Lipinski definition) is 5. The SMILES string of the molecule is CC.CN.OCC(O)C[B]CC(O)CNC1CCCCC1. The summed E-state index contributed by atoms with van der Waals surface area (Å²) in [6.45, 7) is 4.41. The summed E-state index contributed by atoms with van der Waals surface area (Å²) >= 11 is 0. The van der Waals surface area contributed by atoms with Crippen molar-refractivity contribution in [3.8, 4) is 0 Å². The molecule has 1 fully saturated rings. The first-order valence-corrected chi connectivity index (χ1v) is 8.32. The fourth-order valence-electron chi connectivity index (χ4n) is 2.25. The van der Waals surface area contributed by atoms with Crippen LogP contribution in [0.3, 0.4) is 0 Å². The molecule has 5 nitrogen and oxygen atoms in total. The lowest BCUT2D eigenvalue weighted by Crippen LogP contribution is -2.37. The minimum atomic E-state index is -0.687. The van der Waals surface area contributed by atoms with Gasteiger partial charge in [-0.2, -0.15) is 0 Å². The molecule has 2 unspecified atom stereocenters. The van der Waals surface area contributed by atoms with Gasteiger partial charge in [0.25, 0.3) is 0 Å². The summed E-state index contributed by atoms with van der Waals surface area (Å²) < 4.78 is 0. The maximum absolute atomic E-state index is 9.73. The lowest BCUT2D eigenvalue weighted by molar-refractivity contribution is 0.109. The third-order valence-corrected chi connectivity index (χ3v) is 3.34. The molecule has 2 atom stereocenters. The number of aliphatic hydroxyl groups is 3. The smallest absolute Gasteiger partial charge is 0.116 e. The second kappa shape index (κ2) is 17.9. The summed E-state index contributed by atoms with van der Waals surface area (Å²) in [5.74, 6) is 0. The van der Waals surface area contributed by atoms with E-state index in [4.69, 9.17) is 10.2 Å². The number of nitrogens with one attached hydrogen (secondary N) is 1. The van der Waals surface area contributed by atoms with Crippen molar-refractivity contribution in [3.05, 3.63) is 0 Å². The van der Waals surface area contributed by atoms with Gasteiger partial charge in [0, 0.05) is 12.6 Å². The molecule has 1 saturated carbocycles. The average molecular weight is 303 g/mol. The third-order valence-electron chi connectivity index (χ3n) is 3.34. The third kappa shape index (κ3) is 14.6. The zero-order valence-corrected chi connectivity index (χ0v) is 14.1. The van der Waals surface area contributed by atoms with Gasteiger partial charge in [0.2, 0.25) is 0 Å². The Bertz CT molecular complexity index is 194. The van der Waals surface area contributed by atoms with Crippen LogP contribution in [0.15, 0.2) is 0 Å². The van der Waals surface area contributed by atoms with Crippen LogP contribution in [-0.2, 0) is 0 Å². The highest BCUT2D eigenvalue weighted by molar-refractivity contribution is 6.35. The zero-order chi connectivity index (χ0) is 16.5. The van der Waals surface area contributed by atoms with Gasteiger partial charge in [-0.25, -0.2) is 0 Å². The summed E-state index contributed by atoms with van der Waals surface area (Å²) in [6.07, 6.45) is 6.31. The molecule has 0 aromatic carbocycles. The Balaban J connectivity index is 0. The first-order chi connectivity index (χ1) is 10.2. The van der Waals surface area contributed by atoms with Crippen LogP contribution in [0, 0.1) is 0 Å². The second-order valence-corrected chi connectivity index (χ2v) is 4.99. The molecule has 0 aromatic rings. The molecule has 6 heteroatoms. The molecule has 21 heavy (non-hydrogen) atoms. The fraction of sp³-hybridized carbons (Fsp3) is 1.00. The molecule has 0 aromatic heterocycles. The molecule has 127 valence electrons. The van der Waals surface area contributed by atoms with E-state index >= 15 is 0 Å². The minimum Gasteiger partial charge on any atom is -0.394 e. The highest BCUT2D eigenvalue weighted by Gasteiger charge is 2.14. The Morgan fingerprint density at radius 2 is 1.57 bits per heavy atom. The Morgan fingerprint density at radius 1 is 1.05 bits per heavy atom. The summed E-state index contributed by atoms with van der Waals surface area (Å²) in [4.78, 5) is 0. The van der Waals surface area contributed by atoms with E-state index in [0.717, 1.165) is 0 Å². The molecule has 1 radical (unpaired) electrons. The quantitative estimate of drug-likeness (QED) is 0.427. The highest BCUT2D eigenvalue weighted by Crippen LogP contribution is 2.17. The van der Waals surface area contributed by atoms with Gasteiger partial charge >= 0.3 is 0 Å². The van der Waals surface area contributed by atoms with E-state index in [-0.39, 0.29) is 12.7 Å². The zero-order valence-electron chi connectivity index (χ0n) is 14.1. The molecule has 0 saturated heterocycles. The van der Waals surface area contributed by atoms with Crippen LogP contribution in [0.4, 0.5) is 0 Å². The maximum Gasteiger partial charge on any atom is 0.116 e. The van der Waals surface area contributed by atoms with E-state index < -0.39 is 6.10 Å². The van der Waals surface area contributed by atoms with Crippen LogP contribution in [0.1, 0.15) is 46.0 Å². The first-order valence-electron chi connectivity index (χ1n) is 8.32. The normalized spacial score (nSPS) is 17.7. The Kier molecular flexibility index (Phi) is 19.7. The fourth-order valence-corrected chi connectivity index (χ4v) is 2.25. The van der Waals surface area contributed by atoms with Crippen LogP contribution in [-0.4, -0.2) is 61.0 Å². The van der Waals surface area contributed by atoms with Crippen molar-refractivity contribution in [1.82, 2.24) is 5.32 Å². The van der Waals surface area contributed by atoms with E-state index in [9.17, 15) is 5.11 Å². The molecular formula is C15H36BN2O3. The van der Waals surface area contributed by atoms with Gasteiger partial charge in [0.1, 0.15) is 7.28 Å². The van der Waals surface area contributed by atoms with E-state index in [1.165, 1.54) is 39.2 Å². The highest BCUT2D eigenvalue weighted by atomic mass is 16.3. The van der Waals surface area contributed by atoms with E-state index in [0.29, 0.717) is 25.2 Å². The largest absolute Gasteiger partial charge is 0.394 e. The topological polar surface area (TPSA) is 98.7 Å². The molecule has 0 aliphatic heterocycles. The summed E-state index contributed by atoms with van der Waals surface area (Å²) in [6, 6.07) is 0.571. The Labute approximate surface area is 131 Å². The molecule has 1 rings (SSSR count). The average Bonchev–Trinajstić information content (AvgIpc) is 2.57. The molecule has 6 N–H and O–H groups in total. The lowest BCUT2D eigenvalue weighted by atomic mass is 9.67. The molecule has 1 aliphatic carbocycles. The van der Waals surface area contributed by atoms with E-state index in [1.807, 2.05) is 21.1 Å². The predicted molar refractivity (Wildman–Crippen MR) is 90.8 cm³/mol. The number of aliphatic hydroxyl groups excluding tert-OH is 3. The van der Waals surface area contributed by atoms with Gasteiger partial charge in [-0.3, -0.25) is 0 Å². The standard InChI is InChI=1S/C12H25BNO3.C2H6.CH5N/c15-9-12(17)7-13-6-11(16)8-14-10-4-2-1-3-5-10;2*1-2/h10-12,14-17H,1-9H2;1-2H3;2H2,1H3. The van der Waals surface area contributed by atoms with Crippen LogP contribution in [0.25, 0.3) is 0 Å². The maximum atomic E-state index is 9.73. The minimum absolute atomic E-state index is 0.215. The predicted octanol–water partition coefficient (Wildman–Crippen LogP) is 0.765. The van der Waals surface area contributed by atoms with Crippen LogP contribution >= 0.6 is 0 Å². The van der Waals surface area contributed by atoms with Gasteiger partial charge in [-0.15, -0.1) is 0 Å². The van der Waals surface area contributed by atoms with Gasteiger partial charge in [0.05, 0.1) is 18.8 Å². The molecule has 0 bridgehead atoms. The second-order valence-electron chi connectivity index (χ2n) is 4.99. The molecule has 1 aliphatic rings. The summed E-state index contributed by atoms with van der Waals surface area (Å²) in [7, 11) is 3.34. The van der Waals surface area contributed by atoms with Gasteiger partial charge in [-0.1, -0.05) is 45.8 Å². The van der Waals surface area contributed by atoms with Crippen LogP contribution in [0.2, 0.25) is 12.6 Å². The molecular weight excluding hydrogens is 267 g/mol. The van der Waals surface area contributed by atoms with Crippen molar-refractivity contribution in [2.45, 2.75) is 76.8 Å². The van der Waals surface area contributed by atoms with Crippen molar-refractivity contribution >= 4 is 7.28 Å². The van der Waals surface area contributed by atoms with Crippen molar-refractivity contribution in [3.63, 3.8) is 0 Å². The van der Waals surface area contributed by atoms with Crippen LogP contribution < -0.4 is 11.1 Å². The van der Waals surface area contributed by atoms with Crippen molar-refractivity contribution < 1.29 is 15.3 Å². The number of nitrogens with two attached hydrogens (primary N) is 1. The first kappa shape index (κ1) is 23.1. The number of hydrogen-bond acceptors (Lipinski definition) is 5. The summed E-state index contributed by atoms with van der Waals surface area (Å²) in [5.41, 5.74) is 4.50. The molecule has 0 amide bonds. The van der Waals surface area contributed by atoms with Crippen molar-refractivity contribution in [2.24, 2.45) is 5.73 Å². The van der Waals surface area contributed by atoms with Crippen LogP contribution in [0.5, 0.6) is 0 Å². The molecule has 0 heterocycles. The summed E-state index contributed by atoms with van der Waals surface area (Å²) in [5, 5.41) is 30.9. The van der Waals surface area contributed by atoms with Crippen molar-refractivity contribution in [1.29, 1.82) is 0 Å². The monoisotopic (exact) mass is 303 g/mol. The Hall–Kier alpha value is -0.135. The van der Waals surface area contributed by atoms with Crippen molar-refractivity contribution in [2.75, 3.05) is 20.2 Å². The van der Waals surface area contributed by atoms with E-state index in [2.05, 4.69) is 11.1 Å². The van der Waals surface area contributed by atoms with Gasteiger partial charge < -0.3 is 26.4 Å². The van der Waals surface area contributed by atoms with Gasteiger partial charge in [-0.05, 0) is 19.9 Å². The lowest BCUT2D eigenvalue weighted by Gasteiger charge is -2.24. The Morgan fingerprint density at radius 3 is 2.10 bits per heavy atom. The number of rotatable bonds is 8. The van der Waals surface area contributed by atoms with E-state index in [1.54, 1.807) is 0 Å². The molecule has 0 spiro atoms.